The summed E-state index contributed by atoms with van der Waals surface area (Å²) in [7, 11) is -3.47. The van der Waals surface area contributed by atoms with Gasteiger partial charge in [0.1, 0.15) is 5.69 Å². The number of sulfonamides is 1. The maximum Gasteiger partial charge on any atom is 0.272 e. The highest BCUT2D eigenvalue weighted by Gasteiger charge is 2.33. The summed E-state index contributed by atoms with van der Waals surface area (Å²) >= 11 is 12.2. The molecule has 2 aliphatic rings. The van der Waals surface area contributed by atoms with E-state index in [9.17, 15) is 13.2 Å². The summed E-state index contributed by atoms with van der Waals surface area (Å²) in [6, 6.07) is 5.87. The van der Waals surface area contributed by atoms with Crippen molar-refractivity contribution in [3.8, 4) is 0 Å². The van der Waals surface area contributed by atoms with Gasteiger partial charge in [-0.2, -0.15) is 0 Å². The molecule has 0 unspecified atom stereocenters. The second-order valence-electron chi connectivity index (χ2n) is 9.74. The van der Waals surface area contributed by atoms with E-state index in [4.69, 9.17) is 28.3 Å². The number of hydrogen-bond acceptors (Lipinski definition) is 6. The van der Waals surface area contributed by atoms with Crippen LogP contribution in [0.1, 0.15) is 52.9 Å². The molecule has 0 spiro atoms. The SMILES string of the molecule is Cc1cnc(C(=O)N2CCC(N3CCC(S(N)(=O)=O)CC3)CC2)c(C)c1NCc1ccc(Cl)c(Cl)c1. The number of hydrogen-bond donors (Lipinski definition) is 2. The quantitative estimate of drug-likeness (QED) is 0.560. The van der Waals surface area contributed by atoms with Crippen molar-refractivity contribution in [1.29, 1.82) is 0 Å². The zero-order valence-electron chi connectivity index (χ0n) is 20.6. The molecule has 36 heavy (non-hydrogen) atoms. The molecule has 3 N–H and O–H groups in total. The number of carbonyl (C=O) groups excluding carboxylic acids is 1. The molecular formula is C25H33Cl2N5O3S. The zero-order valence-corrected chi connectivity index (χ0v) is 23.0. The van der Waals surface area contributed by atoms with E-state index in [0.29, 0.717) is 54.3 Å². The van der Waals surface area contributed by atoms with Crippen LogP contribution in [-0.4, -0.2) is 66.6 Å². The molecule has 0 radical (unpaired) electrons. The smallest absolute Gasteiger partial charge is 0.272 e. The van der Waals surface area contributed by atoms with Crippen molar-refractivity contribution < 1.29 is 13.2 Å². The van der Waals surface area contributed by atoms with Crippen LogP contribution >= 0.6 is 23.2 Å². The third-order valence-electron chi connectivity index (χ3n) is 7.38. The first kappa shape index (κ1) is 27.1. The highest BCUT2D eigenvalue weighted by atomic mass is 35.5. The second kappa shape index (κ2) is 11.2. The molecule has 8 nitrogen and oxygen atoms in total. The maximum atomic E-state index is 13.4. The van der Waals surface area contributed by atoms with Gasteiger partial charge in [-0.25, -0.2) is 13.6 Å². The Morgan fingerprint density at radius 2 is 1.75 bits per heavy atom. The zero-order chi connectivity index (χ0) is 26.0. The number of nitrogens with one attached hydrogen (secondary N) is 1. The standard InChI is InChI=1S/C25H33Cl2N5O3S/c1-16-14-29-24(17(2)23(16)30-15-18-3-4-21(26)22(27)13-18)25(33)32-9-5-19(6-10-32)31-11-7-20(8-12-31)36(28,34)35/h3-4,13-14,19-20H,5-12,15H2,1-2H3,(H,29,30)(H2,28,34,35). The Kier molecular flexibility index (Phi) is 8.46. The third-order valence-corrected chi connectivity index (χ3v) is 9.52. The fourth-order valence-electron chi connectivity index (χ4n) is 5.22. The number of aryl methyl sites for hydroxylation is 1. The van der Waals surface area contributed by atoms with Crippen molar-refractivity contribution >= 4 is 44.8 Å². The first-order valence-corrected chi connectivity index (χ1v) is 14.6. The number of halogens is 2. The Balaban J connectivity index is 1.37. The van der Waals surface area contributed by atoms with Gasteiger partial charge in [0.25, 0.3) is 5.91 Å². The monoisotopic (exact) mass is 553 g/mol. The van der Waals surface area contributed by atoms with E-state index >= 15 is 0 Å². The molecule has 0 saturated carbocycles. The number of piperidine rings is 2. The van der Waals surface area contributed by atoms with Crippen molar-refractivity contribution in [3.05, 3.63) is 56.8 Å². The predicted octanol–water partition coefficient (Wildman–Crippen LogP) is 3.97. The Labute approximate surface area is 223 Å². The number of amides is 1. The first-order valence-electron chi connectivity index (χ1n) is 12.2. The molecule has 3 heterocycles. The van der Waals surface area contributed by atoms with E-state index in [1.165, 1.54) is 0 Å². The molecule has 1 amide bonds. The lowest BCUT2D eigenvalue weighted by Crippen LogP contribution is -2.51. The van der Waals surface area contributed by atoms with Gasteiger partial charge in [-0.15, -0.1) is 0 Å². The number of anilines is 1. The number of carbonyl (C=O) groups is 1. The van der Waals surface area contributed by atoms with Crippen LogP contribution in [-0.2, 0) is 16.6 Å². The summed E-state index contributed by atoms with van der Waals surface area (Å²) in [5.74, 6) is -0.0588. The van der Waals surface area contributed by atoms with Crippen molar-refractivity contribution in [2.45, 2.75) is 57.4 Å². The molecule has 1 aromatic carbocycles. The predicted molar refractivity (Wildman–Crippen MR) is 144 cm³/mol. The summed E-state index contributed by atoms with van der Waals surface area (Å²) in [6.07, 6.45) is 4.60. The third kappa shape index (κ3) is 6.14. The second-order valence-corrected chi connectivity index (χ2v) is 12.4. The van der Waals surface area contributed by atoms with Crippen LogP contribution in [0.5, 0.6) is 0 Å². The van der Waals surface area contributed by atoms with Gasteiger partial charge < -0.3 is 15.1 Å². The first-order chi connectivity index (χ1) is 17.0. The van der Waals surface area contributed by atoms with Crippen LogP contribution in [0.4, 0.5) is 5.69 Å². The van der Waals surface area contributed by atoms with E-state index < -0.39 is 15.3 Å². The van der Waals surface area contributed by atoms with Gasteiger partial charge in [0, 0.05) is 43.1 Å². The highest BCUT2D eigenvalue weighted by molar-refractivity contribution is 7.89. The Hall–Kier alpha value is -1.91. The van der Waals surface area contributed by atoms with E-state index in [-0.39, 0.29) is 5.91 Å². The summed E-state index contributed by atoms with van der Waals surface area (Å²) in [5, 5.41) is 9.34. The van der Waals surface area contributed by atoms with E-state index in [1.807, 2.05) is 30.9 Å². The summed E-state index contributed by atoms with van der Waals surface area (Å²) in [4.78, 5) is 22.1. The normalized spacial score (nSPS) is 18.4. The van der Waals surface area contributed by atoms with Crippen LogP contribution in [0.2, 0.25) is 10.0 Å². The summed E-state index contributed by atoms with van der Waals surface area (Å²) in [6.45, 7) is 7.20. The maximum absolute atomic E-state index is 13.4. The molecule has 2 aromatic rings. The Morgan fingerprint density at radius 1 is 1.08 bits per heavy atom. The van der Waals surface area contributed by atoms with E-state index in [0.717, 1.165) is 48.3 Å². The molecule has 0 atom stereocenters. The van der Waals surface area contributed by atoms with Crippen molar-refractivity contribution in [1.82, 2.24) is 14.8 Å². The van der Waals surface area contributed by atoms with Crippen LogP contribution < -0.4 is 10.5 Å². The van der Waals surface area contributed by atoms with Gasteiger partial charge in [0.05, 0.1) is 15.3 Å². The van der Waals surface area contributed by atoms with Crippen LogP contribution in [0.25, 0.3) is 0 Å². The average Bonchev–Trinajstić information content (AvgIpc) is 2.85. The molecular weight excluding hydrogens is 521 g/mol. The highest BCUT2D eigenvalue weighted by Crippen LogP contribution is 2.28. The van der Waals surface area contributed by atoms with Crippen LogP contribution in [0, 0.1) is 13.8 Å². The number of rotatable bonds is 6. The van der Waals surface area contributed by atoms with Gasteiger partial charge in [0.15, 0.2) is 0 Å². The number of primary sulfonamides is 1. The van der Waals surface area contributed by atoms with Gasteiger partial charge in [-0.3, -0.25) is 9.78 Å². The molecule has 11 heteroatoms. The fraction of sp³-hybridized carbons (Fsp3) is 0.520. The fourth-order valence-corrected chi connectivity index (χ4v) is 6.41. The van der Waals surface area contributed by atoms with Crippen molar-refractivity contribution in [3.63, 3.8) is 0 Å². The van der Waals surface area contributed by atoms with E-state index in [2.05, 4.69) is 15.2 Å². The number of benzene rings is 1. The lowest BCUT2D eigenvalue weighted by atomic mass is 9.99. The molecule has 2 saturated heterocycles. The van der Waals surface area contributed by atoms with Crippen molar-refractivity contribution in [2.75, 3.05) is 31.5 Å². The molecule has 196 valence electrons. The topological polar surface area (TPSA) is 109 Å². The molecule has 1 aromatic heterocycles. The Morgan fingerprint density at radius 3 is 2.36 bits per heavy atom. The summed E-state index contributed by atoms with van der Waals surface area (Å²) in [5.41, 5.74) is 4.14. The average molecular weight is 555 g/mol. The minimum Gasteiger partial charge on any atom is -0.380 e. The van der Waals surface area contributed by atoms with Crippen LogP contribution in [0.3, 0.4) is 0 Å². The van der Waals surface area contributed by atoms with Gasteiger partial charge in [-0.05, 0) is 75.9 Å². The lowest BCUT2D eigenvalue weighted by Gasteiger charge is -2.41. The molecule has 2 aliphatic heterocycles. The van der Waals surface area contributed by atoms with Crippen molar-refractivity contribution in [2.24, 2.45) is 5.14 Å². The number of likely N-dealkylation sites (tertiary alicyclic amines) is 2. The number of nitrogens with two attached hydrogens (primary N) is 1. The van der Waals surface area contributed by atoms with E-state index in [1.54, 1.807) is 12.3 Å². The molecule has 0 aliphatic carbocycles. The minimum absolute atomic E-state index is 0.0588. The number of aromatic nitrogens is 1. The minimum atomic E-state index is -3.47. The van der Waals surface area contributed by atoms with Gasteiger partial charge in [-0.1, -0.05) is 29.3 Å². The lowest BCUT2D eigenvalue weighted by molar-refractivity contribution is 0.0585. The Bertz CT molecular complexity index is 1220. The summed E-state index contributed by atoms with van der Waals surface area (Å²) < 4.78 is 23.3. The molecule has 0 bridgehead atoms. The van der Waals surface area contributed by atoms with Gasteiger partial charge in [0.2, 0.25) is 10.0 Å². The number of nitrogens with zero attached hydrogens (tertiary/aromatic N) is 3. The van der Waals surface area contributed by atoms with Crippen LogP contribution in [0.15, 0.2) is 24.4 Å². The largest absolute Gasteiger partial charge is 0.380 e. The number of pyridine rings is 1. The molecule has 4 rings (SSSR count). The van der Waals surface area contributed by atoms with Gasteiger partial charge >= 0.3 is 0 Å². The molecule has 2 fully saturated rings.